The van der Waals surface area contributed by atoms with Crippen LogP contribution in [0, 0.1) is 0 Å². The van der Waals surface area contributed by atoms with Crippen LogP contribution in [-0.2, 0) is 9.53 Å². The van der Waals surface area contributed by atoms with Gasteiger partial charge in [-0.25, -0.2) is 4.79 Å². The highest BCUT2D eigenvalue weighted by molar-refractivity contribution is 5.81. The summed E-state index contributed by atoms with van der Waals surface area (Å²) in [6.45, 7) is 8.42. The van der Waals surface area contributed by atoms with Crippen molar-refractivity contribution in [2.24, 2.45) is 5.73 Å². The van der Waals surface area contributed by atoms with Gasteiger partial charge in [-0.2, -0.15) is 0 Å². The molecule has 122 valence electrons. The van der Waals surface area contributed by atoms with Gasteiger partial charge in [0.15, 0.2) is 0 Å². The van der Waals surface area contributed by atoms with Crippen molar-refractivity contribution in [2.75, 3.05) is 20.1 Å². The highest BCUT2D eigenvalue weighted by Gasteiger charge is 2.32. The predicted octanol–water partition coefficient (Wildman–Crippen LogP) is 1.58. The average Bonchev–Trinajstić information content (AvgIpc) is 2.36. The molecule has 1 unspecified atom stereocenters. The zero-order valence-corrected chi connectivity index (χ0v) is 13.9. The zero-order valence-electron chi connectivity index (χ0n) is 13.9. The molecule has 0 radical (unpaired) electrons. The van der Waals surface area contributed by atoms with Crippen LogP contribution in [0.4, 0.5) is 4.79 Å². The SMILES string of the molecule is C[C@H](N)C(=O)N(C)CC1CCCCN1C(=O)OC(C)(C)C. The van der Waals surface area contributed by atoms with E-state index in [-0.39, 0.29) is 18.0 Å². The fourth-order valence-electron chi connectivity index (χ4n) is 2.51. The number of hydrogen-bond donors (Lipinski definition) is 1. The number of carbonyl (C=O) groups excluding carboxylic acids is 2. The molecule has 6 heteroatoms. The van der Waals surface area contributed by atoms with E-state index in [9.17, 15) is 9.59 Å². The van der Waals surface area contributed by atoms with Crippen LogP contribution in [0.1, 0.15) is 47.0 Å². The summed E-state index contributed by atoms with van der Waals surface area (Å²) in [7, 11) is 1.73. The molecule has 2 N–H and O–H groups in total. The molecule has 0 spiro atoms. The number of carbonyl (C=O) groups is 2. The molecule has 0 bridgehead atoms. The third-order valence-electron chi connectivity index (χ3n) is 3.51. The summed E-state index contributed by atoms with van der Waals surface area (Å²) in [4.78, 5) is 27.5. The van der Waals surface area contributed by atoms with Gasteiger partial charge in [-0.15, -0.1) is 0 Å². The summed E-state index contributed by atoms with van der Waals surface area (Å²) in [5, 5.41) is 0. The molecule has 2 amide bonds. The summed E-state index contributed by atoms with van der Waals surface area (Å²) >= 11 is 0. The number of ether oxygens (including phenoxy) is 1. The maximum Gasteiger partial charge on any atom is 0.410 e. The Labute approximate surface area is 127 Å². The van der Waals surface area contributed by atoms with Gasteiger partial charge in [0.2, 0.25) is 5.91 Å². The van der Waals surface area contributed by atoms with Crippen LogP contribution < -0.4 is 5.73 Å². The summed E-state index contributed by atoms with van der Waals surface area (Å²) < 4.78 is 5.46. The van der Waals surface area contributed by atoms with Gasteiger partial charge in [0, 0.05) is 20.1 Å². The minimum absolute atomic E-state index is 0.00120. The van der Waals surface area contributed by atoms with E-state index in [0.29, 0.717) is 13.1 Å². The lowest BCUT2D eigenvalue weighted by atomic mass is 10.0. The van der Waals surface area contributed by atoms with Crippen molar-refractivity contribution in [1.82, 2.24) is 9.80 Å². The number of likely N-dealkylation sites (N-methyl/N-ethyl adjacent to an activating group) is 1. The Morgan fingerprint density at radius 1 is 1.38 bits per heavy atom. The first-order chi connectivity index (χ1) is 9.61. The van der Waals surface area contributed by atoms with Crippen LogP contribution in [0.15, 0.2) is 0 Å². The summed E-state index contributed by atoms with van der Waals surface area (Å²) in [5.74, 6) is -0.107. The highest BCUT2D eigenvalue weighted by Crippen LogP contribution is 2.21. The van der Waals surface area contributed by atoms with E-state index in [4.69, 9.17) is 10.5 Å². The van der Waals surface area contributed by atoms with Crippen molar-refractivity contribution in [1.29, 1.82) is 0 Å². The lowest BCUT2D eigenvalue weighted by Crippen LogP contribution is -2.52. The number of likely N-dealkylation sites (tertiary alicyclic amines) is 1. The van der Waals surface area contributed by atoms with Crippen LogP contribution in [0.25, 0.3) is 0 Å². The smallest absolute Gasteiger partial charge is 0.410 e. The Morgan fingerprint density at radius 2 is 2.00 bits per heavy atom. The quantitative estimate of drug-likeness (QED) is 0.858. The van der Waals surface area contributed by atoms with Gasteiger partial charge in [0.25, 0.3) is 0 Å². The van der Waals surface area contributed by atoms with E-state index in [1.165, 1.54) is 0 Å². The fourth-order valence-corrected chi connectivity index (χ4v) is 2.51. The molecule has 21 heavy (non-hydrogen) atoms. The Bertz CT molecular complexity index is 377. The molecule has 1 saturated heterocycles. The highest BCUT2D eigenvalue weighted by atomic mass is 16.6. The van der Waals surface area contributed by atoms with Crippen molar-refractivity contribution < 1.29 is 14.3 Å². The minimum Gasteiger partial charge on any atom is -0.444 e. The maximum absolute atomic E-state index is 12.3. The molecule has 0 aromatic heterocycles. The van der Waals surface area contributed by atoms with Crippen molar-refractivity contribution in [3.8, 4) is 0 Å². The molecule has 1 heterocycles. The number of nitrogens with two attached hydrogens (primary N) is 1. The number of amides is 2. The minimum atomic E-state index is -0.520. The topological polar surface area (TPSA) is 75.9 Å². The van der Waals surface area contributed by atoms with Gasteiger partial charge < -0.3 is 20.3 Å². The molecule has 0 aromatic carbocycles. The van der Waals surface area contributed by atoms with Crippen LogP contribution >= 0.6 is 0 Å². The largest absolute Gasteiger partial charge is 0.444 e. The molecular formula is C15H29N3O3. The normalized spacial score (nSPS) is 20.9. The van der Waals surface area contributed by atoms with Crippen molar-refractivity contribution in [3.63, 3.8) is 0 Å². The zero-order chi connectivity index (χ0) is 16.2. The molecule has 0 saturated carbocycles. The van der Waals surface area contributed by atoms with E-state index in [1.54, 1.807) is 23.8 Å². The molecular weight excluding hydrogens is 270 g/mol. The second-order valence-electron chi connectivity index (χ2n) is 6.83. The van der Waals surface area contributed by atoms with Crippen LogP contribution in [0.2, 0.25) is 0 Å². The van der Waals surface area contributed by atoms with Gasteiger partial charge in [0.05, 0.1) is 12.1 Å². The van der Waals surface area contributed by atoms with Crippen molar-refractivity contribution in [3.05, 3.63) is 0 Å². The lowest BCUT2D eigenvalue weighted by Gasteiger charge is -2.38. The Morgan fingerprint density at radius 3 is 2.52 bits per heavy atom. The molecule has 0 aromatic rings. The summed E-state index contributed by atoms with van der Waals surface area (Å²) in [5.41, 5.74) is 5.12. The number of piperidine rings is 1. The molecule has 0 aliphatic carbocycles. The maximum atomic E-state index is 12.3. The first-order valence-corrected chi connectivity index (χ1v) is 7.62. The Hall–Kier alpha value is -1.30. The summed E-state index contributed by atoms with van der Waals surface area (Å²) in [6.07, 6.45) is 2.62. The molecule has 1 aliphatic rings. The fraction of sp³-hybridized carbons (Fsp3) is 0.867. The van der Waals surface area contributed by atoms with Crippen molar-refractivity contribution >= 4 is 12.0 Å². The average molecular weight is 299 g/mol. The number of hydrogen-bond acceptors (Lipinski definition) is 4. The van der Waals surface area contributed by atoms with E-state index in [1.807, 2.05) is 20.8 Å². The van der Waals surface area contributed by atoms with Crippen molar-refractivity contribution in [2.45, 2.75) is 64.6 Å². The van der Waals surface area contributed by atoms with Crippen LogP contribution in [0.3, 0.4) is 0 Å². The first-order valence-electron chi connectivity index (χ1n) is 7.62. The van der Waals surface area contributed by atoms with E-state index in [2.05, 4.69) is 0 Å². The molecule has 1 rings (SSSR count). The molecule has 1 fully saturated rings. The second kappa shape index (κ2) is 7.11. The predicted molar refractivity (Wildman–Crippen MR) is 81.9 cm³/mol. The van der Waals surface area contributed by atoms with E-state index < -0.39 is 11.6 Å². The van der Waals surface area contributed by atoms with Crippen LogP contribution in [0.5, 0.6) is 0 Å². The lowest BCUT2D eigenvalue weighted by molar-refractivity contribution is -0.131. The monoisotopic (exact) mass is 299 g/mol. The number of rotatable bonds is 3. The van der Waals surface area contributed by atoms with E-state index in [0.717, 1.165) is 19.3 Å². The van der Waals surface area contributed by atoms with Gasteiger partial charge in [-0.3, -0.25) is 4.79 Å². The molecule has 1 aliphatic heterocycles. The molecule has 2 atom stereocenters. The van der Waals surface area contributed by atoms with Gasteiger partial charge in [0.1, 0.15) is 5.60 Å². The third-order valence-corrected chi connectivity index (χ3v) is 3.51. The second-order valence-corrected chi connectivity index (χ2v) is 6.83. The standard InChI is InChI=1S/C15H29N3O3/c1-11(16)13(19)17(5)10-12-8-6-7-9-18(12)14(20)21-15(2,3)4/h11-12H,6-10,16H2,1-5H3/t11-,12?/m0/s1. The number of nitrogens with zero attached hydrogens (tertiary/aromatic N) is 2. The Balaban J connectivity index is 2.69. The Kier molecular flexibility index (Phi) is 6.01. The van der Waals surface area contributed by atoms with Crippen LogP contribution in [-0.4, -0.2) is 59.6 Å². The van der Waals surface area contributed by atoms with Gasteiger partial charge >= 0.3 is 6.09 Å². The molecule has 6 nitrogen and oxygen atoms in total. The van der Waals surface area contributed by atoms with Gasteiger partial charge in [-0.1, -0.05) is 0 Å². The van der Waals surface area contributed by atoms with Gasteiger partial charge in [-0.05, 0) is 47.0 Å². The third kappa shape index (κ3) is 5.53. The summed E-state index contributed by atoms with van der Waals surface area (Å²) in [6, 6.07) is -0.519. The first kappa shape index (κ1) is 17.8. The van der Waals surface area contributed by atoms with E-state index >= 15 is 0 Å².